The van der Waals surface area contributed by atoms with Gasteiger partial charge in [0, 0.05) is 30.3 Å². The molecule has 0 saturated carbocycles. The summed E-state index contributed by atoms with van der Waals surface area (Å²) in [7, 11) is 1.64. The van der Waals surface area contributed by atoms with Crippen molar-refractivity contribution in [1.29, 1.82) is 0 Å². The standard InChI is InChI=1S/C12H18ClNO2/c1-9(8-15)6-14-7-10-5-11(13)3-4-12(10)16-2/h3-5,9,14-15H,6-8H2,1-2H3. The van der Waals surface area contributed by atoms with Crippen LogP contribution >= 0.6 is 11.6 Å². The molecule has 0 saturated heterocycles. The molecule has 0 aliphatic carbocycles. The van der Waals surface area contributed by atoms with Gasteiger partial charge in [0.1, 0.15) is 5.75 Å². The number of methoxy groups -OCH3 is 1. The molecule has 0 aliphatic heterocycles. The second kappa shape index (κ2) is 6.74. The summed E-state index contributed by atoms with van der Waals surface area (Å²) in [4.78, 5) is 0. The molecule has 1 aromatic carbocycles. The van der Waals surface area contributed by atoms with Gasteiger partial charge in [0.2, 0.25) is 0 Å². The lowest BCUT2D eigenvalue weighted by Crippen LogP contribution is -2.22. The van der Waals surface area contributed by atoms with Gasteiger partial charge < -0.3 is 15.2 Å². The summed E-state index contributed by atoms with van der Waals surface area (Å²) < 4.78 is 5.24. The van der Waals surface area contributed by atoms with Crippen LogP contribution in [0.2, 0.25) is 5.02 Å². The van der Waals surface area contributed by atoms with E-state index in [0.717, 1.165) is 17.9 Å². The van der Waals surface area contributed by atoms with E-state index in [1.807, 2.05) is 19.1 Å². The molecule has 1 atom stereocenters. The molecule has 3 nitrogen and oxygen atoms in total. The zero-order valence-corrected chi connectivity index (χ0v) is 10.4. The number of rotatable bonds is 6. The molecule has 1 unspecified atom stereocenters. The highest BCUT2D eigenvalue weighted by Gasteiger charge is 2.04. The van der Waals surface area contributed by atoms with Crippen molar-refractivity contribution in [2.75, 3.05) is 20.3 Å². The Morgan fingerprint density at radius 1 is 1.50 bits per heavy atom. The van der Waals surface area contributed by atoms with E-state index < -0.39 is 0 Å². The molecule has 0 heterocycles. The van der Waals surface area contributed by atoms with Gasteiger partial charge in [-0.2, -0.15) is 0 Å². The summed E-state index contributed by atoms with van der Waals surface area (Å²) in [6, 6.07) is 5.55. The summed E-state index contributed by atoms with van der Waals surface area (Å²) in [5.74, 6) is 1.08. The smallest absolute Gasteiger partial charge is 0.123 e. The second-order valence-corrected chi connectivity index (χ2v) is 4.31. The number of aliphatic hydroxyl groups is 1. The van der Waals surface area contributed by atoms with Gasteiger partial charge in [-0.05, 0) is 24.1 Å². The van der Waals surface area contributed by atoms with Gasteiger partial charge in [-0.1, -0.05) is 18.5 Å². The van der Waals surface area contributed by atoms with E-state index in [1.165, 1.54) is 0 Å². The monoisotopic (exact) mass is 243 g/mol. The van der Waals surface area contributed by atoms with Crippen LogP contribution in [0.5, 0.6) is 5.75 Å². The maximum absolute atomic E-state index is 8.89. The summed E-state index contributed by atoms with van der Waals surface area (Å²) >= 11 is 5.92. The van der Waals surface area contributed by atoms with Crippen LogP contribution in [0.25, 0.3) is 0 Å². The molecule has 4 heteroatoms. The number of aliphatic hydroxyl groups excluding tert-OH is 1. The van der Waals surface area contributed by atoms with Crippen LogP contribution < -0.4 is 10.1 Å². The maximum Gasteiger partial charge on any atom is 0.123 e. The van der Waals surface area contributed by atoms with Crippen molar-refractivity contribution in [3.05, 3.63) is 28.8 Å². The molecule has 0 aliphatic rings. The minimum absolute atomic E-state index is 0.194. The number of benzene rings is 1. The largest absolute Gasteiger partial charge is 0.496 e. The molecule has 0 spiro atoms. The average Bonchev–Trinajstić information content (AvgIpc) is 2.29. The Hall–Kier alpha value is -0.770. The van der Waals surface area contributed by atoms with Gasteiger partial charge in [0.25, 0.3) is 0 Å². The minimum Gasteiger partial charge on any atom is -0.496 e. The Balaban J connectivity index is 2.55. The van der Waals surface area contributed by atoms with E-state index in [-0.39, 0.29) is 12.5 Å². The van der Waals surface area contributed by atoms with Gasteiger partial charge in [0.15, 0.2) is 0 Å². The lowest BCUT2D eigenvalue weighted by Gasteiger charge is -2.12. The van der Waals surface area contributed by atoms with Crippen molar-refractivity contribution in [2.45, 2.75) is 13.5 Å². The minimum atomic E-state index is 0.194. The van der Waals surface area contributed by atoms with Gasteiger partial charge in [-0.25, -0.2) is 0 Å². The molecule has 2 N–H and O–H groups in total. The van der Waals surface area contributed by atoms with Crippen LogP contribution in [0, 0.1) is 5.92 Å². The van der Waals surface area contributed by atoms with Crippen molar-refractivity contribution in [2.24, 2.45) is 5.92 Å². The Labute approximate surface area is 101 Å². The van der Waals surface area contributed by atoms with Crippen LogP contribution in [0.1, 0.15) is 12.5 Å². The van der Waals surface area contributed by atoms with Gasteiger partial charge in [0.05, 0.1) is 7.11 Å². The number of hydrogen-bond acceptors (Lipinski definition) is 3. The van der Waals surface area contributed by atoms with E-state index in [1.54, 1.807) is 13.2 Å². The fourth-order valence-corrected chi connectivity index (χ4v) is 1.60. The SMILES string of the molecule is COc1ccc(Cl)cc1CNCC(C)CO. The summed E-state index contributed by atoms with van der Waals surface area (Å²) in [5, 5.41) is 12.8. The quantitative estimate of drug-likeness (QED) is 0.804. The number of halogens is 1. The third-order valence-corrected chi connectivity index (χ3v) is 2.60. The van der Waals surface area contributed by atoms with E-state index in [4.69, 9.17) is 21.4 Å². The van der Waals surface area contributed by atoms with Crippen molar-refractivity contribution in [3.63, 3.8) is 0 Å². The zero-order chi connectivity index (χ0) is 12.0. The molecule has 0 aromatic heterocycles. The highest BCUT2D eigenvalue weighted by Crippen LogP contribution is 2.22. The van der Waals surface area contributed by atoms with Crippen molar-refractivity contribution >= 4 is 11.6 Å². The molecule has 0 bridgehead atoms. The molecule has 16 heavy (non-hydrogen) atoms. The van der Waals surface area contributed by atoms with Crippen LogP contribution in [0.3, 0.4) is 0 Å². The van der Waals surface area contributed by atoms with E-state index in [9.17, 15) is 0 Å². The first-order valence-electron chi connectivity index (χ1n) is 5.31. The molecule has 1 rings (SSSR count). The van der Waals surface area contributed by atoms with Crippen LogP contribution in [0.15, 0.2) is 18.2 Å². The van der Waals surface area contributed by atoms with E-state index in [2.05, 4.69) is 5.32 Å². The lowest BCUT2D eigenvalue weighted by atomic mass is 10.1. The zero-order valence-electron chi connectivity index (χ0n) is 9.66. The highest BCUT2D eigenvalue weighted by atomic mass is 35.5. The van der Waals surface area contributed by atoms with Crippen molar-refractivity contribution in [1.82, 2.24) is 5.32 Å². The predicted octanol–water partition coefficient (Wildman–Crippen LogP) is 2.07. The molecule has 1 aromatic rings. The third kappa shape index (κ3) is 4.00. The maximum atomic E-state index is 8.89. The molecular formula is C12H18ClNO2. The van der Waals surface area contributed by atoms with Crippen LogP contribution in [0.4, 0.5) is 0 Å². The van der Waals surface area contributed by atoms with Crippen molar-refractivity contribution in [3.8, 4) is 5.75 Å². The topological polar surface area (TPSA) is 41.5 Å². The Morgan fingerprint density at radius 2 is 2.25 bits per heavy atom. The second-order valence-electron chi connectivity index (χ2n) is 3.87. The lowest BCUT2D eigenvalue weighted by molar-refractivity contribution is 0.233. The normalized spacial score (nSPS) is 12.5. The molecule has 0 fully saturated rings. The summed E-state index contributed by atoms with van der Waals surface area (Å²) in [5.41, 5.74) is 1.03. The predicted molar refractivity (Wildman–Crippen MR) is 66.0 cm³/mol. The number of ether oxygens (including phenoxy) is 1. The van der Waals surface area contributed by atoms with Gasteiger partial charge >= 0.3 is 0 Å². The van der Waals surface area contributed by atoms with Gasteiger partial charge in [-0.15, -0.1) is 0 Å². The summed E-state index contributed by atoms with van der Waals surface area (Å²) in [6.07, 6.45) is 0. The van der Waals surface area contributed by atoms with Crippen LogP contribution in [-0.2, 0) is 6.54 Å². The molecule has 0 radical (unpaired) electrons. The fraction of sp³-hybridized carbons (Fsp3) is 0.500. The Bertz CT molecular complexity index is 331. The van der Waals surface area contributed by atoms with E-state index in [0.29, 0.717) is 11.6 Å². The summed E-state index contributed by atoms with van der Waals surface area (Å²) in [6.45, 7) is 3.64. The van der Waals surface area contributed by atoms with Crippen molar-refractivity contribution < 1.29 is 9.84 Å². The first kappa shape index (κ1) is 13.3. The Morgan fingerprint density at radius 3 is 2.88 bits per heavy atom. The first-order valence-corrected chi connectivity index (χ1v) is 5.69. The average molecular weight is 244 g/mol. The number of nitrogens with one attached hydrogen (secondary N) is 1. The molecule has 0 amide bonds. The van der Waals surface area contributed by atoms with Gasteiger partial charge in [-0.3, -0.25) is 0 Å². The first-order chi connectivity index (χ1) is 7.67. The Kier molecular flexibility index (Phi) is 5.60. The number of hydrogen-bond donors (Lipinski definition) is 2. The van der Waals surface area contributed by atoms with E-state index >= 15 is 0 Å². The van der Waals surface area contributed by atoms with Crippen LogP contribution in [-0.4, -0.2) is 25.4 Å². The molecular weight excluding hydrogens is 226 g/mol. The highest BCUT2D eigenvalue weighted by molar-refractivity contribution is 6.30. The third-order valence-electron chi connectivity index (χ3n) is 2.36. The fourth-order valence-electron chi connectivity index (χ4n) is 1.40. The molecule has 90 valence electrons.